The number of benzene rings is 1. The van der Waals surface area contributed by atoms with Crippen LogP contribution in [0.2, 0.25) is 0 Å². The number of oxazole rings is 1. The molecule has 0 atom stereocenters. The van der Waals surface area contributed by atoms with Gasteiger partial charge < -0.3 is 15.5 Å². The molecule has 0 aliphatic carbocycles. The third kappa shape index (κ3) is 3.55. The Bertz CT molecular complexity index is 525. The molecule has 1 heterocycles. The maximum atomic E-state index is 5.93. The highest BCUT2D eigenvalue weighted by Crippen LogP contribution is 2.16. The predicted octanol–water partition coefficient (Wildman–Crippen LogP) is 2.35. The molecule has 18 heavy (non-hydrogen) atoms. The van der Waals surface area contributed by atoms with E-state index in [1.54, 1.807) is 0 Å². The highest BCUT2D eigenvalue weighted by Gasteiger charge is 2.09. The average Bonchev–Trinajstić information content (AvgIpc) is 2.62. The van der Waals surface area contributed by atoms with Gasteiger partial charge in [-0.2, -0.15) is 0 Å². The molecule has 0 amide bonds. The minimum atomic E-state index is -0.112. The molecule has 1 aromatic heterocycles. The number of nitrogens with one attached hydrogen (secondary N) is 1. The van der Waals surface area contributed by atoms with Crippen LogP contribution >= 0.6 is 0 Å². The monoisotopic (exact) mass is 247 g/mol. The second-order valence-corrected chi connectivity index (χ2v) is 5.45. The molecule has 0 bridgehead atoms. The summed E-state index contributed by atoms with van der Waals surface area (Å²) in [7, 11) is 0. The maximum absolute atomic E-state index is 5.93. The Morgan fingerprint density at radius 2 is 2.17 bits per heavy atom. The van der Waals surface area contributed by atoms with E-state index in [0.717, 1.165) is 30.6 Å². The van der Waals surface area contributed by atoms with E-state index >= 15 is 0 Å². The zero-order valence-corrected chi connectivity index (χ0v) is 11.3. The Balaban J connectivity index is 1.91. The van der Waals surface area contributed by atoms with Crippen molar-refractivity contribution in [2.24, 2.45) is 5.73 Å². The molecule has 2 rings (SSSR count). The summed E-state index contributed by atoms with van der Waals surface area (Å²) in [5.41, 5.74) is 8.79. The molecule has 0 aliphatic rings. The molecule has 0 unspecified atom stereocenters. The average molecular weight is 247 g/mol. The van der Waals surface area contributed by atoms with Gasteiger partial charge in [0.15, 0.2) is 11.5 Å². The summed E-state index contributed by atoms with van der Waals surface area (Å²) in [5, 5.41) is 3.39. The SMILES string of the molecule is Cc1nc2ccc(CNCCC(C)(C)N)cc2o1. The third-order valence-corrected chi connectivity index (χ3v) is 2.84. The second kappa shape index (κ2) is 5.08. The largest absolute Gasteiger partial charge is 0.441 e. The van der Waals surface area contributed by atoms with Gasteiger partial charge in [0, 0.05) is 19.0 Å². The first-order chi connectivity index (χ1) is 8.44. The topological polar surface area (TPSA) is 64.1 Å². The van der Waals surface area contributed by atoms with Gasteiger partial charge in [-0.1, -0.05) is 6.07 Å². The molecule has 2 aromatic rings. The van der Waals surface area contributed by atoms with Crippen LogP contribution in [0.25, 0.3) is 11.1 Å². The van der Waals surface area contributed by atoms with E-state index in [9.17, 15) is 0 Å². The number of fused-ring (bicyclic) bond motifs is 1. The molecular formula is C14H21N3O. The van der Waals surface area contributed by atoms with Crippen LogP contribution in [0.15, 0.2) is 22.6 Å². The van der Waals surface area contributed by atoms with Crippen LogP contribution in [0.1, 0.15) is 31.7 Å². The van der Waals surface area contributed by atoms with Gasteiger partial charge in [-0.15, -0.1) is 0 Å². The van der Waals surface area contributed by atoms with Crippen molar-refractivity contribution in [1.29, 1.82) is 0 Å². The number of nitrogens with two attached hydrogens (primary N) is 1. The van der Waals surface area contributed by atoms with Gasteiger partial charge in [-0.25, -0.2) is 4.98 Å². The van der Waals surface area contributed by atoms with E-state index in [1.807, 2.05) is 32.9 Å². The van der Waals surface area contributed by atoms with Crippen molar-refractivity contribution in [3.63, 3.8) is 0 Å². The predicted molar refractivity (Wildman–Crippen MR) is 73.3 cm³/mol. The quantitative estimate of drug-likeness (QED) is 0.796. The van der Waals surface area contributed by atoms with Crippen molar-refractivity contribution in [2.75, 3.05) is 6.54 Å². The van der Waals surface area contributed by atoms with Crippen molar-refractivity contribution in [3.8, 4) is 0 Å². The number of aromatic nitrogens is 1. The zero-order valence-electron chi connectivity index (χ0n) is 11.3. The number of aryl methyl sites for hydroxylation is 1. The van der Waals surface area contributed by atoms with Gasteiger partial charge in [0.25, 0.3) is 0 Å². The van der Waals surface area contributed by atoms with Crippen LogP contribution in [0.3, 0.4) is 0 Å². The summed E-state index contributed by atoms with van der Waals surface area (Å²) in [4.78, 5) is 4.28. The Morgan fingerprint density at radius 1 is 1.39 bits per heavy atom. The molecular weight excluding hydrogens is 226 g/mol. The first kappa shape index (κ1) is 13.1. The van der Waals surface area contributed by atoms with Crippen molar-refractivity contribution in [2.45, 2.75) is 39.3 Å². The van der Waals surface area contributed by atoms with Gasteiger partial charge >= 0.3 is 0 Å². The molecule has 1 aromatic carbocycles. The van der Waals surface area contributed by atoms with Crippen LogP contribution in [-0.2, 0) is 6.54 Å². The fourth-order valence-electron chi connectivity index (χ4n) is 1.84. The number of nitrogens with zero attached hydrogens (tertiary/aromatic N) is 1. The van der Waals surface area contributed by atoms with Gasteiger partial charge in [-0.05, 0) is 44.5 Å². The molecule has 0 aliphatic heterocycles. The van der Waals surface area contributed by atoms with Gasteiger partial charge in [0.2, 0.25) is 0 Å². The fraction of sp³-hybridized carbons (Fsp3) is 0.500. The van der Waals surface area contributed by atoms with Crippen LogP contribution in [0.4, 0.5) is 0 Å². The minimum Gasteiger partial charge on any atom is -0.441 e. The molecule has 3 N–H and O–H groups in total. The van der Waals surface area contributed by atoms with E-state index in [2.05, 4.69) is 16.4 Å². The van der Waals surface area contributed by atoms with Crippen LogP contribution in [0.5, 0.6) is 0 Å². The lowest BCUT2D eigenvalue weighted by molar-refractivity contribution is 0.455. The van der Waals surface area contributed by atoms with Crippen molar-refractivity contribution in [3.05, 3.63) is 29.7 Å². The second-order valence-electron chi connectivity index (χ2n) is 5.45. The Labute approximate surface area is 108 Å². The third-order valence-electron chi connectivity index (χ3n) is 2.84. The molecule has 0 radical (unpaired) electrons. The standard InChI is InChI=1S/C14H21N3O/c1-10-17-12-5-4-11(8-13(12)18-10)9-16-7-6-14(2,3)15/h4-5,8,16H,6-7,9,15H2,1-3H3. The summed E-state index contributed by atoms with van der Waals surface area (Å²) in [6.07, 6.45) is 0.955. The molecule has 4 heteroatoms. The molecule has 98 valence electrons. The number of rotatable bonds is 5. The highest BCUT2D eigenvalue weighted by molar-refractivity contribution is 5.73. The van der Waals surface area contributed by atoms with E-state index in [-0.39, 0.29) is 5.54 Å². The first-order valence-electron chi connectivity index (χ1n) is 6.30. The zero-order chi connectivity index (χ0) is 13.2. The smallest absolute Gasteiger partial charge is 0.192 e. The van der Waals surface area contributed by atoms with Crippen molar-refractivity contribution >= 4 is 11.1 Å². The summed E-state index contributed by atoms with van der Waals surface area (Å²) in [6, 6.07) is 6.11. The summed E-state index contributed by atoms with van der Waals surface area (Å²) in [6.45, 7) is 7.68. The highest BCUT2D eigenvalue weighted by atomic mass is 16.3. The van der Waals surface area contributed by atoms with E-state index in [1.165, 1.54) is 5.56 Å². The van der Waals surface area contributed by atoms with Crippen molar-refractivity contribution < 1.29 is 4.42 Å². The number of hydrogen-bond acceptors (Lipinski definition) is 4. The Kier molecular flexibility index (Phi) is 3.68. The minimum absolute atomic E-state index is 0.112. The fourth-order valence-corrected chi connectivity index (χ4v) is 1.84. The van der Waals surface area contributed by atoms with E-state index < -0.39 is 0 Å². The Hall–Kier alpha value is -1.39. The molecule has 0 fully saturated rings. The molecule has 0 saturated heterocycles. The summed E-state index contributed by atoms with van der Waals surface area (Å²) in [5.74, 6) is 0.708. The molecule has 0 spiro atoms. The van der Waals surface area contributed by atoms with E-state index in [4.69, 9.17) is 10.2 Å². The first-order valence-corrected chi connectivity index (χ1v) is 6.30. The Morgan fingerprint density at radius 3 is 2.89 bits per heavy atom. The summed E-state index contributed by atoms with van der Waals surface area (Å²) >= 11 is 0. The normalized spacial score (nSPS) is 12.2. The lowest BCUT2D eigenvalue weighted by Crippen LogP contribution is -2.35. The maximum Gasteiger partial charge on any atom is 0.192 e. The van der Waals surface area contributed by atoms with Gasteiger partial charge in [-0.3, -0.25) is 0 Å². The van der Waals surface area contributed by atoms with Gasteiger partial charge in [0.05, 0.1) is 0 Å². The van der Waals surface area contributed by atoms with Crippen molar-refractivity contribution in [1.82, 2.24) is 10.3 Å². The lowest BCUT2D eigenvalue weighted by atomic mass is 10.0. The van der Waals surface area contributed by atoms with Crippen LogP contribution in [0, 0.1) is 6.92 Å². The number of hydrogen-bond donors (Lipinski definition) is 2. The van der Waals surface area contributed by atoms with E-state index in [0.29, 0.717) is 5.89 Å². The van der Waals surface area contributed by atoms with Crippen LogP contribution < -0.4 is 11.1 Å². The molecule has 0 saturated carbocycles. The van der Waals surface area contributed by atoms with Gasteiger partial charge in [0.1, 0.15) is 5.52 Å². The summed E-state index contributed by atoms with van der Waals surface area (Å²) < 4.78 is 5.51. The lowest BCUT2D eigenvalue weighted by Gasteiger charge is -2.18. The van der Waals surface area contributed by atoms with Crippen LogP contribution in [-0.4, -0.2) is 17.1 Å². The molecule has 4 nitrogen and oxygen atoms in total.